The SMILES string of the molecule is CNC(C)c1nnc(N2CCC3CCC(C2)N3C)o1. The van der Waals surface area contributed by atoms with Crippen LogP contribution in [0.15, 0.2) is 4.42 Å². The first kappa shape index (κ1) is 12.9. The van der Waals surface area contributed by atoms with Crippen LogP contribution < -0.4 is 10.2 Å². The van der Waals surface area contributed by atoms with Crippen LogP contribution in [0.4, 0.5) is 6.01 Å². The van der Waals surface area contributed by atoms with E-state index in [0.29, 0.717) is 17.9 Å². The lowest BCUT2D eigenvalue weighted by Crippen LogP contribution is -2.36. The summed E-state index contributed by atoms with van der Waals surface area (Å²) >= 11 is 0. The minimum Gasteiger partial charge on any atom is -0.406 e. The molecule has 106 valence electrons. The van der Waals surface area contributed by atoms with Gasteiger partial charge in [-0.05, 0) is 40.3 Å². The van der Waals surface area contributed by atoms with E-state index in [2.05, 4.69) is 32.4 Å². The number of fused-ring (bicyclic) bond motifs is 2. The van der Waals surface area contributed by atoms with Gasteiger partial charge in [-0.2, -0.15) is 0 Å². The molecule has 6 heteroatoms. The van der Waals surface area contributed by atoms with Crippen LogP contribution in [-0.4, -0.2) is 54.4 Å². The Morgan fingerprint density at radius 1 is 1.26 bits per heavy atom. The minimum atomic E-state index is 0.104. The first-order valence-corrected chi connectivity index (χ1v) is 7.16. The fraction of sp³-hybridized carbons (Fsp3) is 0.846. The predicted molar refractivity (Wildman–Crippen MR) is 73.2 cm³/mol. The molecule has 0 saturated carbocycles. The third kappa shape index (κ3) is 2.34. The molecule has 0 aromatic carbocycles. The summed E-state index contributed by atoms with van der Waals surface area (Å²) in [6.45, 7) is 4.04. The fourth-order valence-electron chi connectivity index (χ4n) is 3.14. The Hall–Kier alpha value is -1.14. The van der Waals surface area contributed by atoms with Gasteiger partial charge in [0.25, 0.3) is 0 Å². The Bertz CT molecular complexity index is 434. The maximum atomic E-state index is 5.80. The molecule has 3 rings (SSSR count). The third-order valence-electron chi connectivity index (χ3n) is 4.65. The lowest BCUT2D eigenvalue weighted by Gasteiger charge is -2.24. The average Bonchev–Trinajstić information content (AvgIpc) is 2.95. The highest BCUT2D eigenvalue weighted by Crippen LogP contribution is 2.30. The van der Waals surface area contributed by atoms with E-state index in [1.165, 1.54) is 19.3 Å². The zero-order valence-electron chi connectivity index (χ0n) is 12.0. The number of rotatable bonds is 3. The van der Waals surface area contributed by atoms with Gasteiger partial charge in [-0.25, -0.2) is 0 Å². The predicted octanol–water partition coefficient (Wildman–Crippen LogP) is 1.02. The van der Waals surface area contributed by atoms with Crippen molar-refractivity contribution in [3.05, 3.63) is 5.89 Å². The summed E-state index contributed by atoms with van der Waals surface area (Å²) in [5, 5.41) is 11.5. The molecule has 0 spiro atoms. The van der Waals surface area contributed by atoms with Gasteiger partial charge < -0.3 is 14.6 Å². The number of anilines is 1. The van der Waals surface area contributed by atoms with Crippen LogP contribution >= 0.6 is 0 Å². The molecule has 1 aromatic rings. The van der Waals surface area contributed by atoms with Crippen molar-refractivity contribution < 1.29 is 4.42 Å². The Labute approximate surface area is 114 Å². The quantitative estimate of drug-likeness (QED) is 0.880. The zero-order chi connectivity index (χ0) is 13.4. The molecule has 0 radical (unpaired) electrons. The second kappa shape index (κ2) is 5.09. The van der Waals surface area contributed by atoms with Crippen molar-refractivity contribution in [3.63, 3.8) is 0 Å². The number of aromatic nitrogens is 2. The van der Waals surface area contributed by atoms with Crippen LogP contribution in [0.2, 0.25) is 0 Å². The standard InChI is InChI=1S/C13H23N5O/c1-9(14-2)12-15-16-13(19-12)18-7-6-10-4-5-11(8-18)17(10)3/h9-11,14H,4-8H2,1-3H3. The van der Waals surface area contributed by atoms with Gasteiger partial charge >= 0.3 is 6.01 Å². The fourth-order valence-corrected chi connectivity index (χ4v) is 3.14. The molecule has 0 amide bonds. The van der Waals surface area contributed by atoms with Crippen molar-refractivity contribution in [1.82, 2.24) is 20.4 Å². The van der Waals surface area contributed by atoms with Crippen molar-refractivity contribution >= 4 is 6.01 Å². The van der Waals surface area contributed by atoms with Crippen LogP contribution in [0.1, 0.15) is 38.1 Å². The highest BCUT2D eigenvalue weighted by Gasteiger charge is 2.35. The van der Waals surface area contributed by atoms with Gasteiger partial charge in [-0.3, -0.25) is 4.90 Å². The van der Waals surface area contributed by atoms with Crippen molar-refractivity contribution in [3.8, 4) is 0 Å². The molecule has 6 nitrogen and oxygen atoms in total. The van der Waals surface area contributed by atoms with Crippen molar-refractivity contribution in [2.75, 3.05) is 32.1 Å². The van der Waals surface area contributed by atoms with E-state index >= 15 is 0 Å². The topological polar surface area (TPSA) is 57.4 Å². The van der Waals surface area contributed by atoms with Crippen LogP contribution in [0.3, 0.4) is 0 Å². The molecule has 1 N–H and O–H groups in total. The molecule has 1 aromatic heterocycles. The number of nitrogens with zero attached hydrogens (tertiary/aromatic N) is 4. The summed E-state index contributed by atoms with van der Waals surface area (Å²) < 4.78 is 5.80. The molecule has 2 bridgehead atoms. The van der Waals surface area contributed by atoms with E-state index < -0.39 is 0 Å². The zero-order valence-corrected chi connectivity index (χ0v) is 12.0. The number of hydrogen-bond acceptors (Lipinski definition) is 6. The van der Waals surface area contributed by atoms with Gasteiger partial charge in [0.1, 0.15) is 0 Å². The molecular weight excluding hydrogens is 242 g/mol. The maximum Gasteiger partial charge on any atom is 0.318 e. The first-order valence-electron chi connectivity index (χ1n) is 7.16. The molecule has 3 heterocycles. The number of nitrogens with one attached hydrogen (secondary N) is 1. The van der Waals surface area contributed by atoms with Crippen molar-refractivity contribution in [2.45, 2.75) is 44.3 Å². The lowest BCUT2D eigenvalue weighted by molar-refractivity contribution is 0.254. The maximum absolute atomic E-state index is 5.80. The Kier molecular flexibility index (Phi) is 3.45. The molecule has 2 fully saturated rings. The van der Waals surface area contributed by atoms with Gasteiger partial charge in [0.15, 0.2) is 0 Å². The summed E-state index contributed by atoms with van der Waals surface area (Å²) in [5.74, 6) is 0.667. The second-order valence-corrected chi connectivity index (χ2v) is 5.72. The molecule has 0 aliphatic carbocycles. The van der Waals surface area contributed by atoms with Gasteiger partial charge in [0.2, 0.25) is 5.89 Å². The van der Waals surface area contributed by atoms with Gasteiger partial charge in [-0.1, -0.05) is 5.10 Å². The summed E-state index contributed by atoms with van der Waals surface area (Å²) in [5.41, 5.74) is 0. The molecule has 19 heavy (non-hydrogen) atoms. The molecule has 2 aliphatic rings. The third-order valence-corrected chi connectivity index (χ3v) is 4.65. The van der Waals surface area contributed by atoms with Crippen LogP contribution in [0.5, 0.6) is 0 Å². The van der Waals surface area contributed by atoms with Gasteiger partial charge in [0, 0.05) is 25.2 Å². The normalized spacial score (nSPS) is 29.5. The molecule has 2 aliphatic heterocycles. The van der Waals surface area contributed by atoms with E-state index in [0.717, 1.165) is 19.1 Å². The van der Waals surface area contributed by atoms with Crippen molar-refractivity contribution in [1.29, 1.82) is 0 Å². The van der Waals surface area contributed by atoms with Crippen LogP contribution in [0, 0.1) is 0 Å². The second-order valence-electron chi connectivity index (χ2n) is 5.72. The van der Waals surface area contributed by atoms with Crippen molar-refractivity contribution in [2.24, 2.45) is 0 Å². The van der Waals surface area contributed by atoms with Crippen LogP contribution in [0.25, 0.3) is 0 Å². The van der Waals surface area contributed by atoms with E-state index in [1.807, 2.05) is 14.0 Å². The first-order chi connectivity index (χ1) is 9.19. The summed E-state index contributed by atoms with van der Waals surface area (Å²) in [4.78, 5) is 4.77. The summed E-state index contributed by atoms with van der Waals surface area (Å²) in [6, 6.07) is 2.14. The molecule has 2 saturated heterocycles. The summed E-state index contributed by atoms with van der Waals surface area (Å²) in [6.07, 6.45) is 3.80. The Morgan fingerprint density at radius 3 is 2.84 bits per heavy atom. The summed E-state index contributed by atoms with van der Waals surface area (Å²) in [7, 11) is 4.14. The smallest absolute Gasteiger partial charge is 0.318 e. The highest BCUT2D eigenvalue weighted by molar-refractivity contribution is 5.26. The van der Waals surface area contributed by atoms with E-state index in [-0.39, 0.29) is 6.04 Å². The van der Waals surface area contributed by atoms with Gasteiger partial charge in [-0.15, -0.1) is 5.10 Å². The van der Waals surface area contributed by atoms with E-state index in [9.17, 15) is 0 Å². The number of hydrogen-bond donors (Lipinski definition) is 1. The molecular formula is C13H23N5O. The molecule has 3 unspecified atom stereocenters. The minimum absolute atomic E-state index is 0.104. The molecule has 3 atom stereocenters. The van der Waals surface area contributed by atoms with Gasteiger partial charge in [0.05, 0.1) is 6.04 Å². The highest BCUT2D eigenvalue weighted by atomic mass is 16.4. The average molecular weight is 265 g/mol. The van der Waals surface area contributed by atoms with E-state index in [1.54, 1.807) is 0 Å². The largest absolute Gasteiger partial charge is 0.406 e. The monoisotopic (exact) mass is 265 g/mol. The number of likely N-dealkylation sites (N-methyl/N-ethyl adjacent to an activating group) is 1. The van der Waals surface area contributed by atoms with Crippen LogP contribution in [-0.2, 0) is 0 Å². The lowest BCUT2D eigenvalue weighted by atomic mass is 10.1. The Balaban J connectivity index is 1.74. The van der Waals surface area contributed by atoms with E-state index in [4.69, 9.17) is 4.42 Å². The Morgan fingerprint density at radius 2 is 2.05 bits per heavy atom.